The summed E-state index contributed by atoms with van der Waals surface area (Å²) in [7, 11) is 0. The number of ether oxygens (including phenoxy) is 2. The third kappa shape index (κ3) is 2.83. The Morgan fingerprint density at radius 2 is 1.85 bits per heavy atom. The highest BCUT2D eigenvalue weighted by Crippen LogP contribution is 2.44. The van der Waals surface area contributed by atoms with Gasteiger partial charge in [-0.1, -0.05) is 12.1 Å². The van der Waals surface area contributed by atoms with Gasteiger partial charge in [0.05, 0.1) is 11.1 Å². The molecule has 5 heteroatoms. The summed E-state index contributed by atoms with van der Waals surface area (Å²) in [4.78, 5) is 26.4. The monoisotopic (exact) mass is 353 g/mol. The average Bonchev–Trinajstić information content (AvgIpc) is 2.90. The Morgan fingerprint density at radius 3 is 2.46 bits per heavy atom. The van der Waals surface area contributed by atoms with Crippen LogP contribution >= 0.6 is 0 Å². The minimum atomic E-state index is -1.54. The number of aryl methyl sites for hydroxylation is 1. The molecule has 26 heavy (non-hydrogen) atoms. The van der Waals surface area contributed by atoms with Crippen LogP contribution in [0.4, 0.5) is 5.69 Å². The van der Waals surface area contributed by atoms with E-state index in [-0.39, 0.29) is 0 Å². The van der Waals surface area contributed by atoms with Crippen molar-refractivity contribution in [3.63, 3.8) is 0 Å². The molecular formula is C21H23NO4. The molecule has 1 aliphatic rings. The minimum absolute atomic E-state index is 0.416. The number of benzene rings is 2. The van der Waals surface area contributed by atoms with E-state index >= 15 is 0 Å². The number of hydrogen-bond acceptors (Lipinski definition) is 5. The van der Waals surface area contributed by atoms with Gasteiger partial charge in [0.2, 0.25) is 0 Å². The third-order valence-electron chi connectivity index (χ3n) is 4.71. The zero-order valence-corrected chi connectivity index (χ0v) is 15.5. The number of anilines is 1. The lowest BCUT2D eigenvalue weighted by Crippen LogP contribution is -2.33. The fourth-order valence-corrected chi connectivity index (χ4v) is 3.52. The van der Waals surface area contributed by atoms with Crippen LogP contribution in [0.15, 0.2) is 42.5 Å². The molecule has 0 N–H and O–H groups in total. The fraction of sp³-hybridized carbons (Fsp3) is 0.333. The molecule has 2 aromatic carbocycles. The van der Waals surface area contributed by atoms with Crippen LogP contribution in [0.25, 0.3) is 0 Å². The highest BCUT2D eigenvalue weighted by molar-refractivity contribution is 5.95. The van der Waals surface area contributed by atoms with Crippen LogP contribution < -0.4 is 4.90 Å². The summed E-state index contributed by atoms with van der Waals surface area (Å²) in [5.74, 6) is -2.54. The first kappa shape index (κ1) is 18.0. The lowest BCUT2D eigenvalue weighted by molar-refractivity contribution is -0.191. The van der Waals surface area contributed by atoms with E-state index < -0.39 is 17.7 Å². The maximum absolute atomic E-state index is 12.4. The fourth-order valence-electron chi connectivity index (χ4n) is 3.52. The van der Waals surface area contributed by atoms with Gasteiger partial charge in [-0.05, 0) is 56.7 Å². The first-order chi connectivity index (χ1) is 12.4. The van der Waals surface area contributed by atoms with Gasteiger partial charge in [0.1, 0.15) is 0 Å². The largest absolute Gasteiger partial charge is 0.414 e. The van der Waals surface area contributed by atoms with Gasteiger partial charge in [-0.3, -0.25) is 4.79 Å². The minimum Gasteiger partial charge on any atom is -0.414 e. The number of esters is 2. The molecule has 2 aromatic rings. The summed E-state index contributed by atoms with van der Waals surface area (Å²) in [5, 5.41) is 0. The zero-order valence-electron chi connectivity index (χ0n) is 15.5. The summed E-state index contributed by atoms with van der Waals surface area (Å²) < 4.78 is 11.2. The Kier molecular flexibility index (Phi) is 4.72. The average molecular weight is 353 g/mol. The van der Waals surface area contributed by atoms with E-state index in [0.29, 0.717) is 16.7 Å². The van der Waals surface area contributed by atoms with Crippen molar-refractivity contribution in [2.45, 2.75) is 33.5 Å². The van der Waals surface area contributed by atoms with Gasteiger partial charge < -0.3 is 14.4 Å². The zero-order chi connectivity index (χ0) is 18.9. The molecule has 0 radical (unpaired) electrons. The molecule has 1 atom stereocenters. The molecule has 3 rings (SSSR count). The first-order valence-corrected chi connectivity index (χ1v) is 8.81. The molecule has 0 saturated heterocycles. The van der Waals surface area contributed by atoms with E-state index in [1.807, 2.05) is 25.1 Å². The van der Waals surface area contributed by atoms with E-state index in [0.717, 1.165) is 24.3 Å². The lowest BCUT2D eigenvalue weighted by Gasteiger charge is -2.30. The summed E-state index contributed by atoms with van der Waals surface area (Å²) in [5.41, 5.74) is 3.72. The number of carbonyl (C=O) groups is 2. The van der Waals surface area contributed by atoms with E-state index in [1.165, 1.54) is 6.92 Å². The highest BCUT2D eigenvalue weighted by atomic mass is 16.7. The van der Waals surface area contributed by atoms with Gasteiger partial charge >= 0.3 is 17.7 Å². The summed E-state index contributed by atoms with van der Waals surface area (Å²) >= 11 is 0. The Hall–Kier alpha value is -2.82. The van der Waals surface area contributed by atoms with Crippen LogP contribution in [0.2, 0.25) is 0 Å². The second-order valence-electron chi connectivity index (χ2n) is 6.32. The van der Waals surface area contributed by atoms with Gasteiger partial charge in [-0.2, -0.15) is 0 Å². The van der Waals surface area contributed by atoms with Crippen molar-refractivity contribution in [2.75, 3.05) is 18.0 Å². The summed E-state index contributed by atoms with van der Waals surface area (Å²) in [6.45, 7) is 9.31. The molecular weight excluding hydrogens is 330 g/mol. The van der Waals surface area contributed by atoms with Gasteiger partial charge in [-0.15, -0.1) is 0 Å². The highest BCUT2D eigenvalue weighted by Gasteiger charge is 2.50. The maximum atomic E-state index is 12.4. The number of carbonyl (C=O) groups excluding carboxylic acids is 2. The van der Waals surface area contributed by atoms with Crippen molar-refractivity contribution in [1.82, 2.24) is 0 Å². The molecule has 0 amide bonds. The van der Waals surface area contributed by atoms with Crippen molar-refractivity contribution >= 4 is 17.6 Å². The van der Waals surface area contributed by atoms with Crippen LogP contribution in [0, 0.1) is 6.92 Å². The topological polar surface area (TPSA) is 55.8 Å². The molecule has 0 aromatic heterocycles. The quantitative estimate of drug-likeness (QED) is 0.766. The summed E-state index contributed by atoms with van der Waals surface area (Å²) in [6, 6.07) is 12.8. The molecule has 1 heterocycles. The third-order valence-corrected chi connectivity index (χ3v) is 4.71. The van der Waals surface area contributed by atoms with Crippen molar-refractivity contribution in [1.29, 1.82) is 0 Å². The van der Waals surface area contributed by atoms with Crippen molar-refractivity contribution in [2.24, 2.45) is 0 Å². The van der Waals surface area contributed by atoms with Gasteiger partial charge in [0.25, 0.3) is 0 Å². The van der Waals surface area contributed by atoms with E-state index in [1.54, 1.807) is 24.3 Å². The maximum Gasteiger partial charge on any atom is 0.342 e. The molecule has 0 spiro atoms. The number of rotatable bonds is 5. The van der Waals surface area contributed by atoms with Crippen LogP contribution in [0.5, 0.6) is 0 Å². The smallest absolute Gasteiger partial charge is 0.342 e. The molecule has 136 valence electrons. The lowest BCUT2D eigenvalue weighted by atomic mass is 9.93. The van der Waals surface area contributed by atoms with Crippen LogP contribution in [-0.4, -0.2) is 25.0 Å². The number of fused-ring (bicyclic) bond motifs is 1. The predicted octanol–water partition coefficient (Wildman–Crippen LogP) is 3.78. The standard InChI is InChI=1S/C21H23NO4/c1-5-22(6-2)19-12-11-16(13-14(19)3)21(25-15(4)23)18-10-8-7-9-17(18)20(24)26-21/h7-13H,5-6H2,1-4H3. The Morgan fingerprint density at radius 1 is 1.15 bits per heavy atom. The number of nitrogens with zero attached hydrogens (tertiary/aromatic N) is 1. The van der Waals surface area contributed by atoms with Crippen molar-refractivity contribution in [3.8, 4) is 0 Å². The van der Waals surface area contributed by atoms with Gasteiger partial charge in [0.15, 0.2) is 0 Å². The molecule has 1 aliphatic heterocycles. The summed E-state index contributed by atoms with van der Waals surface area (Å²) in [6.07, 6.45) is 0. The number of hydrogen-bond donors (Lipinski definition) is 0. The van der Waals surface area contributed by atoms with Crippen LogP contribution in [0.1, 0.15) is 47.8 Å². The molecule has 0 bridgehead atoms. The molecule has 0 fully saturated rings. The molecule has 5 nitrogen and oxygen atoms in total. The SMILES string of the molecule is CCN(CC)c1ccc(C2(OC(C)=O)OC(=O)c3ccccc32)cc1C. The molecule has 1 unspecified atom stereocenters. The first-order valence-electron chi connectivity index (χ1n) is 8.81. The number of cyclic esters (lactones) is 1. The van der Waals surface area contributed by atoms with Gasteiger partial charge in [0, 0.05) is 31.3 Å². The van der Waals surface area contributed by atoms with Crippen molar-refractivity contribution < 1.29 is 19.1 Å². The normalized spacial score (nSPS) is 18.2. The second kappa shape index (κ2) is 6.83. The molecule has 0 saturated carbocycles. The Bertz CT molecular complexity index is 853. The molecule has 0 aliphatic carbocycles. The van der Waals surface area contributed by atoms with E-state index in [2.05, 4.69) is 18.7 Å². The Labute approximate surface area is 153 Å². The van der Waals surface area contributed by atoms with E-state index in [4.69, 9.17) is 9.47 Å². The Balaban J connectivity index is 2.16. The predicted molar refractivity (Wildman–Crippen MR) is 99.1 cm³/mol. The van der Waals surface area contributed by atoms with Crippen LogP contribution in [-0.2, 0) is 20.1 Å². The van der Waals surface area contributed by atoms with Gasteiger partial charge in [-0.25, -0.2) is 4.79 Å². The van der Waals surface area contributed by atoms with Crippen LogP contribution in [0.3, 0.4) is 0 Å². The second-order valence-corrected chi connectivity index (χ2v) is 6.32. The van der Waals surface area contributed by atoms with Crippen molar-refractivity contribution in [3.05, 3.63) is 64.7 Å². The van der Waals surface area contributed by atoms with E-state index in [9.17, 15) is 9.59 Å².